The molecule has 4 nitrogen and oxygen atoms in total. The molecule has 2 saturated heterocycles. The van der Waals surface area contributed by atoms with Gasteiger partial charge in [-0.3, -0.25) is 19.4 Å². The van der Waals surface area contributed by atoms with Crippen LogP contribution >= 0.6 is 11.8 Å². The Labute approximate surface area is 147 Å². The Morgan fingerprint density at radius 1 is 1.08 bits per heavy atom. The molecule has 1 aromatic carbocycles. The van der Waals surface area contributed by atoms with Crippen molar-refractivity contribution >= 4 is 29.0 Å². The van der Waals surface area contributed by atoms with Gasteiger partial charge in [0.1, 0.15) is 0 Å². The van der Waals surface area contributed by atoms with Crippen LogP contribution in [0.25, 0.3) is 6.08 Å². The summed E-state index contributed by atoms with van der Waals surface area (Å²) in [6, 6.07) is 8.17. The SMILES string of the molecule is CC(C)c1ccc(/C=C2/SC(=O)N(CN3CCCCC3)C2=O)cc1. The fourth-order valence-corrected chi connectivity index (χ4v) is 3.88. The second kappa shape index (κ2) is 7.53. The molecule has 0 spiro atoms. The van der Waals surface area contributed by atoms with Crippen molar-refractivity contribution < 1.29 is 9.59 Å². The normalized spacial score (nSPS) is 21.3. The number of piperidine rings is 1. The quantitative estimate of drug-likeness (QED) is 0.764. The van der Waals surface area contributed by atoms with Crippen molar-refractivity contribution in [3.63, 3.8) is 0 Å². The van der Waals surface area contributed by atoms with Gasteiger partial charge in [0.2, 0.25) is 0 Å². The number of imide groups is 1. The summed E-state index contributed by atoms with van der Waals surface area (Å²) >= 11 is 1.05. The van der Waals surface area contributed by atoms with Gasteiger partial charge >= 0.3 is 0 Å². The maximum atomic E-state index is 12.6. The zero-order chi connectivity index (χ0) is 17.1. The number of amides is 2. The lowest BCUT2D eigenvalue weighted by Crippen LogP contribution is -2.42. The fourth-order valence-electron chi connectivity index (χ4n) is 3.05. The molecule has 0 radical (unpaired) electrons. The molecule has 0 unspecified atom stereocenters. The van der Waals surface area contributed by atoms with Crippen LogP contribution in [0, 0.1) is 0 Å². The summed E-state index contributed by atoms with van der Waals surface area (Å²) in [5.74, 6) is 0.319. The van der Waals surface area contributed by atoms with E-state index in [-0.39, 0.29) is 11.1 Å². The fraction of sp³-hybridized carbons (Fsp3) is 0.474. The summed E-state index contributed by atoms with van der Waals surface area (Å²) in [7, 11) is 0. The summed E-state index contributed by atoms with van der Waals surface area (Å²) in [5.41, 5.74) is 2.23. The second-order valence-corrected chi connectivity index (χ2v) is 7.74. The highest BCUT2D eigenvalue weighted by atomic mass is 32.2. The van der Waals surface area contributed by atoms with Crippen molar-refractivity contribution in [2.45, 2.75) is 39.0 Å². The van der Waals surface area contributed by atoms with Crippen molar-refractivity contribution in [2.24, 2.45) is 0 Å². The van der Waals surface area contributed by atoms with E-state index in [9.17, 15) is 9.59 Å². The van der Waals surface area contributed by atoms with Crippen LogP contribution in [0.3, 0.4) is 0 Å². The number of benzene rings is 1. The Morgan fingerprint density at radius 3 is 2.38 bits per heavy atom. The number of hydrogen-bond acceptors (Lipinski definition) is 4. The monoisotopic (exact) mass is 344 g/mol. The van der Waals surface area contributed by atoms with Crippen LogP contribution in [0.15, 0.2) is 29.2 Å². The smallest absolute Gasteiger partial charge is 0.286 e. The van der Waals surface area contributed by atoms with Gasteiger partial charge in [-0.2, -0.15) is 0 Å². The molecule has 3 rings (SSSR count). The summed E-state index contributed by atoms with van der Waals surface area (Å²) in [6.45, 7) is 6.67. The molecule has 2 amide bonds. The van der Waals surface area contributed by atoms with E-state index in [0.29, 0.717) is 17.5 Å². The highest BCUT2D eigenvalue weighted by molar-refractivity contribution is 8.18. The number of nitrogens with zero attached hydrogens (tertiary/aromatic N) is 2. The molecule has 2 aliphatic rings. The Hall–Kier alpha value is -1.59. The molecule has 24 heavy (non-hydrogen) atoms. The first-order chi connectivity index (χ1) is 11.5. The minimum Gasteiger partial charge on any atom is -0.286 e. The summed E-state index contributed by atoms with van der Waals surface area (Å²) in [6.07, 6.45) is 5.36. The van der Waals surface area contributed by atoms with E-state index in [1.54, 1.807) is 0 Å². The Bertz CT molecular complexity index is 646. The maximum Gasteiger partial charge on any atom is 0.294 e. The molecule has 0 atom stereocenters. The molecular weight excluding hydrogens is 320 g/mol. The molecular formula is C19H24N2O2S. The highest BCUT2D eigenvalue weighted by Gasteiger charge is 2.36. The number of rotatable bonds is 4. The predicted octanol–water partition coefficient (Wildman–Crippen LogP) is 4.29. The van der Waals surface area contributed by atoms with Gasteiger partial charge in [0.15, 0.2) is 0 Å². The Balaban J connectivity index is 1.70. The molecule has 2 heterocycles. The van der Waals surface area contributed by atoms with Crippen molar-refractivity contribution in [1.82, 2.24) is 9.80 Å². The van der Waals surface area contributed by atoms with Crippen molar-refractivity contribution in [1.29, 1.82) is 0 Å². The Kier molecular flexibility index (Phi) is 5.41. The third kappa shape index (κ3) is 3.90. The van der Waals surface area contributed by atoms with Crippen LogP contribution in [0.4, 0.5) is 4.79 Å². The van der Waals surface area contributed by atoms with E-state index in [0.717, 1.165) is 43.3 Å². The highest BCUT2D eigenvalue weighted by Crippen LogP contribution is 2.32. The second-order valence-electron chi connectivity index (χ2n) is 6.75. The zero-order valence-corrected chi connectivity index (χ0v) is 15.1. The number of likely N-dealkylation sites (tertiary alicyclic amines) is 1. The standard InChI is InChI=1S/C19H24N2O2S/c1-14(2)16-8-6-15(7-9-16)12-17-18(22)21(19(23)24-17)13-20-10-4-3-5-11-20/h6-9,12,14H,3-5,10-11,13H2,1-2H3/b17-12+. The lowest BCUT2D eigenvalue weighted by Gasteiger charge is -2.29. The van der Waals surface area contributed by atoms with Crippen molar-refractivity contribution in [3.8, 4) is 0 Å². The van der Waals surface area contributed by atoms with Crippen LogP contribution in [-0.2, 0) is 4.79 Å². The average Bonchev–Trinajstić information content (AvgIpc) is 2.84. The number of hydrogen-bond donors (Lipinski definition) is 0. The van der Waals surface area contributed by atoms with Gasteiger partial charge in [-0.05, 0) is 60.8 Å². The molecule has 0 bridgehead atoms. The lowest BCUT2D eigenvalue weighted by molar-refractivity contribution is -0.124. The summed E-state index contributed by atoms with van der Waals surface area (Å²) in [4.78, 5) is 28.9. The molecule has 0 aliphatic carbocycles. The van der Waals surface area contributed by atoms with Gasteiger partial charge in [0.05, 0.1) is 11.6 Å². The van der Waals surface area contributed by atoms with E-state index >= 15 is 0 Å². The molecule has 2 fully saturated rings. The third-order valence-electron chi connectivity index (χ3n) is 4.56. The summed E-state index contributed by atoms with van der Waals surface area (Å²) < 4.78 is 0. The van der Waals surface area contributed by atoms with E-state index in [1.807, 2.05) is 18.2 Å². The average molecular weight is 344 g/mol. The van der Waals surface area contributed by atoms with Crippen molar-refractivity contribution in [3.05, 3.63) is 40.3 Å². The maximum absolute atomic E-state index is 12.6. The minimum atomic E-state index is -0.163. The van der Waals surface area contributed by atoms with Crippen molar-refractivity contribution in [2.75, 3.05) is 19.8 Å². The first kappa shape index (κ1) is 17.2. The first-order valence-electron chi connectivity index (χ1n) is 8.62. The van der Waals surface area contributed by atoms with Crippen LogP contribution in [0.5, 0.6) is 0 Å². The third-order valence-corrected chi connectivity index (χ3v) is 5.47. The topological polar surface area (TPSA) is 40.6 Å². The molecule has 128 valence electrons. The molecule has 1 aromatic rings. The van der Waals surface area contributed by atoms with Crippen LogP contribution in [0.1, 0.15) is 50.2 Å². The zero-order valence-electron chi connectivity index (χ0n) is 14.3. The minimum absolute atomic E-state index is 0.157. The van der Waals surface area contributed by atoms with Crippen LogP contribution in [0.2, 0.25) is 0 Å². The van der Waals surface area contributed by atoms with E-state index in [4.69, 9.17) is 0 Å². The van der Waals surface area contributed by atoms with Gasteiger partial charge in [0, 0.05) is 0 Å². The molecule has 0 saturated carbocycles. The van der Waals surface area contributed by atoms with E-state index in [2.05, 4.69) is 30.9 Å². The molecule has 0 aromatic heterocycles. The number of carbonyl (C=O) groups is 2. The summed E-state index contributed by atoms with van der Waals surface area (Å²) in [5, 5.41) is -0.157. The van der Waals surface area contributed by atoms with Crippen LogP contribution < -0.4 is 0 Å². The molecule has 0 N–H and O–H groups in total. The van der Waals surface area contributed by atoms with Gasteiger partial charge < -0.3 is 0 Å². The van der Waals surface area contributed by atoms with Gasteiger partial charge in [0.25, 0.3) is 11.1 Å². The van der Waals surface area contributed by atoms with E-state index < -0.39 is 0 Å². The largest absolute Gasteiger partial charge is 0.294 e. The number of thioether (sulfide) groups is 1. The number of carbonyl (C=O) groups excluding carboxylic acids is 2. The van der Waals surface area contributed by atoms with E-state index in [1.165, 1.54) is 16.9 Å². The van der Waals surface area contributed by atoms with Gasteiger partial charge in [-0.15, -0.1) is 0 Å². The molecule has 2 aliphatic heterocycles. The predicted molar refractivity (Wildman–Crippen MR) is 98.6 cm³/mol. The van der Waals surface area contributed by atoms with Gasteiger partial charge in [-0.1, -0.05) is 44.5 Å². The molecule has 5 heteroatoms. The van der Waals surface area contributed by atoms with Crippen LogP contribution in [-0.4, -0.2) is 40.7 Å². The van der Waals surface area contributed by atoms with Gasteiger partial charge in [-0.25, -0.2) is 0 Å². The lowest BCUT2D eigenvalue weighted by atomic mass is 10.0. The Morgan fingerprint density at radius 2 is 1.75 bits per heavy atom. The first-order valence-corrected chi connectivity index (χ1v) is 9.44.